The molecule has 0 spiro atoms. The summed E-state index contributed by atoms with van der Waals surface area (Å²) in [6.45, 7) is 5.59. The van der Waals surface area contributed by atoms with Gasteiger partial charge in [0.25, 0.3) is 0 Å². The van der Waals surface area contributed by atoms with Crippen LogP contribution in [0, 0.1) is 13.8 Å². The van der Waals surface area contributed by atoms with E-state index in [9.17, 15) is 9.59 Å². The minimum atomic E-state index is -0.462. The summed E-state index contributed by atoms with van der Waals surface area (Å²) in [6.07, 6.45) is 0.532. The molecule has 2 aromatic rings. The summed E-state index contributed by atoms with van der Waals surface area (Å²) < 4.78 is 11.4. The molecule has 0 saturated heterocycles. The molecule has 1 amide bonds. The zero-order valence-electron chi connectivity index (χ0n) is 14.2. The molecule has 0 radical (unpaired) electrons. The maximum Gasteiger partial charge on any atom is 0.348 e. The highest BCUT2D eigenvalue weighted by molar-refractivity contribution is 5.76. The molecule has 9 heteroatoms. The van der Waals surface area contributed by atoms with Crippen LogP contribution in [0.5, 0.6) is 0 Å². The average Bonchev–Trinajstić information content (AvgIpc) is 2.97. The first-order chi connectivity index (χ1) is 11.4. The van der Waals surface area contributed by atoms with Crippen LogP contribution >= 0.6 is 0 Å². The minimum absolute atomic E-state index is 0.118. The number of carbonyl (C=O) groups is 1. The molecule has 2 heterocycles. The SMILES string of the molecule is COCCc1noc([C@@H](C)NC(=O)Cn2c(C)cc(C)nc2=O)n1. The number of nitrogens with zero attached hydrogens (tertiary/aromatic N) is 4. The zero-order valence-corrected chi connectivity index (χ0v) is 14.2. The number of amides is 1. The number of aromatic nitrogens is 4. The van der Waals surface area contributed by atoms with Crippen molar-refractivity contribution in [3.63, 3.8) is 0 Å². The first kappa shape index (κ1) is 17.8. The van der Waals surface area contributed by atoms with Crippen molar-refractivity contribution in [2.45, 2.75) is 39.8 Å². The van der Waals surface area contributed by atoms with E-state index >= 15 is 0 Å². The van der Waals surface area contributed by atoms with Crippen molar-refractivity contribution in [3.05, 3.63) is 39.7 Å². The smallest absolute Gasteiger partial charge is 0.348 e. The minimum Gasteiger partial charge on any atom is -0.384 e. The van der Waals surface area contributed by atoms with Gasteiger partial charge in [0.2, 0.25) is 11.8 Å². The fourth-order valence-corrected chi connectivity index (χ4v) is 2.20. The Kier molecular flexibility index (Phi) is 5.80. The predicted octanol–water partition coefficient (Wildman–Crippen LogP) is 0.309. The van der Waals surface area contributed by atoms with Gasteiger partial charge in [-0.15, -0.1) is 0 Å². The van der Waals surface area contributed by atoms with Crippen LogP contribution in [-0.4, -0.2) is 39.3 Å². The Hall–Kier alpha value is -2.55. The van der Waals surface area contributed by atoms with Gasteiger partial charge >= 0.3 is 5.69 Å². The monoisotopic (exact) mass is 335 g/mol. The van der Waals surface area contributed by atoms with Gasteiger partial charge in [0.05, 0.1) is 6.61 Å². The standard InChI is InChI=1S/C15H21N5O4/c1-9-7-10(2)20(15(22)16-9)8-13(21)17-11(3)14-18-12(19-24-14)5-6-23-4/h7,11H,5-6,8H2,1-4H3,(H,17,21)/t11-/m1/s1. The third-order valence-corrected chi connectivity index (χ3v) is 3.41. The molecule has 1 N–H and O–H groups in total. The van der Waals surface area contributed by atoms with Gasteiger partial charge in [-0.05, 0) is 26.8 Å². The van der Waals surface area contributed by atoms with Gasteiger partial charge in [0.1, 0.15) is 12.6 Å². The number of methoxy groups -OCH3 is 1. The topological polar surface area (TPSA) is 112 Å². The van der Waals surface area contributed by atoms with Crippen LogP contribution < -0.4 is 11.0 Å². The zero-order chi connectivity index (χ0) is 17.7. The number of ether oxygens (including phenoxy) is 1. The Bertz CT molecular complexity index is 767. The summed E-state index contributed by atoms with van der Waals surface area (Å²) in [5, 5.41) is 6.55. The second-order valence-electron chi connectivity index (χ2n) is 5.49. The van der Waals surface area contributed by atoms with E-state index in [-0.39, 0.29) is 12.5 Å². The van der Waals surface area contributed by atoms with Crippen LogP contribution in [0.2, 0.25) is 0 Å². The first-order valence-corrected chi connectivity index (χ1v) is 7.56. The van der Waals surface area contributed by atoms with E-state index in [0.29, 0.717) is 36.1 Å². The number of rotatable bonds is 7. The van der Waals surface area contributed by atoms with Crippen LogP contribution in [0.3, 0.4) is 0 Å². The molecule has 0 aromatic carbocycles. The van der Waals surface area contributed by atoms with Gasteiger partial charge in [-0.1, -0.05) is 5.16 Å². The number of carbonyl (C=O) groups excluding carboxylic acids is 1. The molecule has 0 unspecified atom stereocenters. The van der Waals surface area contributed by atoms with Gasteiger partial charge in [-0.25, -0.2) is 4.79 Å². The Morgan fingerprint density at radius 3 is 2.83 bits per heavy atom. The van der Waals surface area contributed by atoms with Gasteiger partial charge < -0.3 is 14.6 Å². The van der Waals surface area contributed by atoms with E-state index in [0.717, 1.165) is 0 Å². The lowest BCUT2D eigenvalue weighted by Crippen LogP contribution is -2.35. The second-order valence-corrected chi connectivity index (χ2v) is 5.49. The molecule has 0 bridgehead atoms. The first-order valence-electron chi connectivity index (χ1n) is 7.56. The molecule has 0 aliphatic heterocycles. The van der Waals surface area contributed by atoms with Crippen molar-refractivity contribution in [1.82, 2.24) is 25.0 Å². The molecule has 1 atom stereocenters. The van der Waals surface area contributed by atoms with Crippen molar-refractivity contribution in [3.8, 4) is 0 Å². The Morgan fingerprint density at radius 2 is 2.17 bits per heavy atom. The molecular weight excluding hydrogens is 314 g/mol. The lowest BCUT2D eigenvalue weighted by atomic mass is 10.3. The number of hydrogen-bond donors (Lipinski definition) is 1. The molecule has 130 valence electrons. The number of nitrogens with one attached hydrogen (secondary N) is 1. The summed E-state index contributed by atoms with van der Waals surface area (Å²) in [5.41, 5.74) is 0.849. The van der Waals surface area contributed by atoms with E-state index in [2.05, 4.69) is 20.4 Å². The number of hydrogen-bond acceptors (Lipinski definition) is 7. The molecule has 24 heavy (non-hydrogen) atoms. The summed E-state index contributed by atoms with van der Waals surface area (Å²) >= 11 is 0. The van der Waals surface area contributed by atoms with Gasteiger partial charge in [0.15, 0.2) is 5.82 Å². The summed E-state index contributed by atoms with van der Waals surface area (Å²) in [5.74, 6) is 0.485. The third-order valence-electron chi connectivity index (χ3n) is 3.41. The van der Waals surface area contributed by atoms with Crippen molar-refractivity contribution >= 4 is 5.91 Å². The summed E-state index contributed by atoms with van der Waals surface area (Å²) in [4.78, 5) is 32.1. The Labute approximate surface area is 139 Å². The largest absolute Gasteiger partial charge is 0.384 e. The van der Waals surface area contributed by atoms with E-state index in [1.165, 1.54) is 4.57 Å². The van der Waals surface area contributed by atoms with Crippen LogP contribution in [0.15, 0.2) is 15.4 Å². The highest BCUT2D eigenvalue weighted by atomic mass is 16.5. The van der Waals surface area contributed by atoms with Crippen molar-refractivity contribution in [2.24, 2.45) is 0 Å². The molecule has 2 rings (SSSR count). The highest BCUT2D eigenvalue weighted by Gasteiger charge is 2.17. The van der Waals surface area contributed by atoms with E-state index < -0.39 is 11.7 Å². The fraction of sp³-hybridized carbons (Fsp3) is 0.533. The fourth-order valence-electron chi connectivity index (χ4n) is 2.20. The van der Waals surface area contributed by atoms with Crippen molar-refractivity contribution in [2.75, 3.05) is 13.7 Å². The van der Waals surface area contributed by atoms with Crippen molar-refractivity contribution < 1.29 is 14.1 Å². The maximum absolute atomic E-state index is 12.2. The normalized spacial score (nSPS) is 12.2. The molecule has 9 nitrogen and oxygen atoms in total. The summed E-state index contributed by atoms with van der Waals surface area (Å²) in [6, 6.07) is 1.29. The molecule has 0 aliphatic carbocycles. The van der Waals surface area contributed by atoms with Gasteiger partial charge in [0, 0.05) is 24.9 Å². The molecule has 2 aromatic heterocycles. The van der Waals surface area contributed by atoms with E-state index in [1.807, 2.05) is 0 Å². The van der Waals surface area contributed by atoms with Crippen molar-refractivity contribution in [1.29, 1.82) is 0 Å². The molecule has 0 aliphatic rings. The van der Waals surface area contributed by atoms with E-state index in [1.54, 1.807) is 33.9 Å². The second kappa shape index (κ2) is 7.82. The van der Waals surface area contributed by atoms with Crippen LogP contribution in [0.1, 0.15) is 36.1 Å². The van der Waals surface area contributed by atoms with E-state index in [4.69, 9.17) is 9.26 Å². The van der Waals surface area contributed by atoms with Crippen LogP contribution in [0.25, 0.3) is 0 Å². The quantitative estimate of drug-likeness (QED) is 0.775. The molecule has 0 fully saturated rings. The van der Waals surface area contributed by atoms with Crippen LogP contribution in [0.4, 0.5) is 0 Å². The van der Waals surface area contributed by atoms with Gasteiger partial charge in [-0.2, -0.15) is 9.97 Å². The average molecular weight is 335 g/mol. The van der Waals surface area contributed by atoms with Gasteiger partial charge in [-0.3, -0.25) is 9.36 Å². The van der Waals surface area contributed by atoms with Crippen LogP contribution in [-0.2, 0) is 22.5 Å². The molecule has 0 saturated carbocycles. The Morgan fingerprint density at radius 1 is 1.42 bits per heavy atom. The Balaban J connectivity index is 1.99. The summed E-state index contributed by atoms with van der Waals surface area (Å²) in [7, 11) is 1.59. The predicted molar refractivity (Wildman–Crippen MR) is 84.4 cm³/mol. The highest BCUT2D eigenvalue weighted by Crippen LogP contribution is 2.10. The lowest BCUT2D eigenvalue weighted by molar-refractivity contribution is -0.122. The lowest BCUT2D eigenvalue weighted by Gasteiger charge is -2.12. The maximum atomic E-state index is 12.2. The third kappa shape index (κ3) is 4.48. The molecular formula is C15H21N5O4. The number of aryl methyl sites for hydroxylation is 2.